The van der Waals surface area contributed by atoms with Gasteiger partial charge in [0, 0.05) is 19.6 Å². The Kier molecular flexibility index (Phi) is 6.92. The van der Waals surface area contributed by atoms with E-state index in [0.717, 1.165) is 24.8 Å². The molecule has 0 saturated carbocycles. The third kappa shape index (κ3) is 5.16. The average Bonchev–Trinajstić information content (AvgIpc) is 2.77. The fourth-order valence-electron chi connectivity index (χ4n) is 3.51. The molecule has 1 atom stereocenters. The first kappa shape index (κ1) is 21.3. The Balaban J connectivity index is 1.79. The number of nitrogens with zero attached hydrogens (tertiary/aromatic N) is 1. The van der Waals surface area contributed by atoms with Gasteiger partial charge >= 0.3 is 0 Å². The number of piperidine rings is 1. The van der Waals surface area contributed by atoms with Crippen LogP contribution in [0.1, 0.15) is 48.0 Å². The lowest BCUT2D eigenvalue weighted by Crippen LogP contribution is -2.36. The van der Waals surface area contributed by atoms with Crippen molar-refractivity contribution in [2.45, 2.75) is 37.0 Å². The van der Waals surface area contributed by atoms with Gasteiger partial charge in [-0.15, -0.1) is 0 Å². The van der Waals surface area contributed by atoms with Crippen LogP contribution in [0.25, 0.3) is 0 Å². The van der Waals surface area contributed by atoms with E-state index in [2.05, 4.69) is 4.72 Å². The van der Waals surface area contributed by atoms with Crippen LogP contribution in [0.2, 0.25) is 0 Å². The summed E-state index contributed by atoms with van der Waals surface area (Å²) in [6.45, 7) is 3.61. The largest absolute Gasteiger partial charge is 0.496 e. The van der Waals surface area contributed by atoms with Crippen LogP contribution in [0.5, 0.6) is 5.75 Å². The van der Waals surface area contributed by atoms with Gasteiger partial charge in [0.05, 0.1) is 17.6 Å². The van der Waals surface area contributed by atoms with Gasteiger partial charge in [-0.2, -0.15) is 0 Å². The number of carbonyl (C=O) groups is 1. The average molecular weight is 417 g/mol. The Bertz CT molecular complexity index is 939. The van der Waals surface area contributed by atoms with Gasteiger partial charge in [0.1, 0.15) is 5.75 Å². The molecule has 1 aliphatic rings. The van der Waals surface area contributed by atoms with Gasteiger partial charge in [0.15, 0.2) is 0 Å². The zero-order valence-electron chi connectivity index (χ0n) is 16.9. The molecule has 29 heavy (non-hydrogen) atoms. The third-order valence-corrected chi connectivity index (χ3v) is 6.72. The molecule has 1 heterocycles. The molecule has 1 fully saturated rings. The molecule has 156 valence electrons. The lowest BCUT2D eigenvalue weighted by Gasteiger charge is -2.27. The van der Waals surface area contributed by atoms with E-state index in [-0.39, 0.29) is 28.8 Å². The lowest BCUT2D eigenvalue weighted by molar-refractivity contribution is 0.0720. The monoisotopic (exact) mass is 416 g/mol. The number of amides is 1. The highest BCUT2D eigenvalue weighted by Gasteiger charge is 2.24. The predicted molar refractivity (Wildman–Crippen MR) is 113 cm³/mol. The zero-order valence-corrected chi connectivity index (χ0v) is 17.7. The molecule has 3 rings (SSSR count). The Morgan fingerprint density at radius 2 is 1.79 bits per heavy atom. The van der Waals surface area contributed by atoms with Crippen molar-refractivity contribution in [3.8, 4) is 5.75 Å². The Morgan fingerprint density at radius 1 is 1.10 bits per heavy atom. The highest BCUT2D eigenvalue weighted by atomic mass is 32.2. The number of hydrogen-bond acceptors (Lipinski definition) is 4. The molecule has 0 radical (unpaired) electrons. The van der Waals surface area contributed by atoms with E-state index >= 15 is 0 Å². The summed E-state index contributed by atoms with van der Waals surface area (Å²) in [4.78, 5) is 14.8. The normalized spacial score (nSPS) is 15.7. The first-order valence-corrected chi connectivity index (χ1v) is 11.4. The smallest absolute Gasteiger partial charge is 0.257 e. The van der Waals surface area contributed by atoms with E-state index in [1.54, 1.807) is 11.0 Å². The summed E-state index contributed by atoms with van der Waals surface area (Å²) in [5.74, 6) is 0.229. The standard InChI is InChI=1S/C22H28N2O4S/c1-17(18-9-5-3-6-10-18)16-23-29(26,27)19-11-12-21(28-2)20(15-19)22(25)24-13-7-4-8-14-24/h3,5-6,9-12,15,17,23H,4,7-8,13-14,16H2,1-2H3/t17-/m1/s1. The molecule has 0 unspecified atom stereocenters. The zero-order chi connectivity index (χ0) is 20.9. The molecule has 0 bridgehead atoms. The Hall–Kier alpha value is -2.38. The van der Waals surface area contributed by atoms with Crippen LogP contribution in [-0.2, 0) is 10.0 Å². The number of carbonyl (C=O) groups excluding carboxylic acids is 1. The van der Waals surface area contributed by atoms with Crippen molar-refractivity contribution in [2.24, 2.45) is 0 Å². The van der Waals surface area contributed by atoms with Crippen molar-refractivity contribution < 1.29 is 17.9 Å². The number of ether oxygens (including phenoxy) is 1. The quantitative estimate of drug-likeness (QED) is 0.751. The number of benzene rings is 2. The molecule has 2 aromatic rings. The molecule has 1 N–H and O–H groups in total. The molecule has 0 aliphatic carbocycles. The van der Waals surface area contributed by atoms with Gasteiger partial charge < -0.3 is 9.64 Å². The fraction of sp³-hybridized carbons (Fsp3) is 0.409. The summed E-state index contributed by atoms with van der Waals surface area (Å²) in [6, 6.07) is 14.2. The maximum absolute atomic E-state index is 12.9. The molecule has 2 aromatic carbocycles. The van der Waals surface area contributed by atoms with Crippen LogP contribution >= 0.6 is 0 Å². The minimum absolute atomic E-state index is 0.0266. The fourth-order valence-corrected chi connectivity index (χ4v) is 4.66. The number of likely N-dealkylation sites (tertiary alicyclic amines) is 1. The summed E-state index contributed by atoms with van der Waals surface area (Å²) < 4.78 is 33.7. The topological polar surface area (TPSA) is 75.7 Å². The van der Waals surface area contributed by atoms with Gasteiger partial charge in [0.2, 0.25) is 10.0 Å². The number of rotatable bonds is 7. The molecule has 1 amide bonds. The molecule has 0 aromatic heterocycles. The van der Waals surface area contributed by atoms with Crippen LogP contribution in [0.15, 0.2) is 53.4 Å². The third-order valence-electron chi connectivity index (χ3n) is 5.30. The van der Waals surface area contributed by atoms with Crippen LogP contribution < -0.4 is 9.46 Å². The molecule has 1 aliphatic heterocycles. The SMILES string of the molecule is COc1ccc(S(=O)(=O)NC[C@@H](C)c2ccccc2)cc1C(=O)N1CCCCC1. The van der Waals surface area contributed by atoms with Crippen molar-refractivity contribution in [2.75, 3.05) is 26.7 Å². The summed E-state index contributed by atoms with van der Waals surface area (Å²) in [7, 11) is -2.27. The minimum atomic E-state index is -3.75. The van der Waals surface area contributed by atoms with Crippen LogP contribution in [-0.4, -0.2) is 46.0 Å². The second-order valence-electron chi connectivity index (χ2n) is 7.38. The highest BCUT2D eigenvalue weighted by molar-refractivity contribution is 7.89. The summed E-state index contributed by atoms with van der Waals surface area (Å²) in [5, 5.41) is 0. The van der Waals surface area contributed by atoms with Gasteiger partial charge in [0.25, 0.3) is 5.91 Å². The summed E-state index contributed by atoms with van der Waals surface area (Å²) in [5.41, 5.74) is 1.35. The summed E-state index contributed by atoms with van der Waals surface area (Å²) >= 11 is 0. The molecule has 6 nitrogen and oxygen atoms in total. The second-order valence-corrected chi connectivity index (χ2v) is 9.15. The van der Waals surface area contributed by atoms with E-state index < -0.39 is 10.0 Å². The van der Waals surface area contributed by atoms with Crippen molar-refractivity contribution in [3.05, 3.63) is 59.7 Å². The second kappa shape index (κ2) is 9.41. The Labute approximate surface area is 172 Å². The molecule has 1 saturated heterocycles. The Morgan fingerprint density at radius 3 is 2.45 bits per heavy atom. The number of hydrogen-bond donors (Lipinski definition) is 1. The van der Waals surface area contributed by atoms with Gasteiger partial charge in [-0.05, 0) is 48.9 Å². The van der Waals surface area contributed by atoms with Crippen LogP contribution in [0, 0.1) is 0 Å². The first-order valence-electron chi connectivity index (χ1n) is 9.94. The molecule has 7 heteroatoms. The predicted octanol–water partition coefficient (Wildman–Crippen LogP) is 3.40. The van der Waals surface area contributed by atoms with Crippen molar-refractivity contribution in [1.82, 2.24) is 9.62 Å². The van der Waals surface area contributed by atoms with E-state index in [1.165, 1.54) is 19.2 Å². The maximum Gasteiger partial charge on any atom is 0.257 e. The van der Waals surface area contributed by atoms with Crippen molar-refractivity contribution in [3.63, 3.8) is 0 Å². The van der Waals surface area contributed by atoms with Crippen molar-refractivity contribution in [1.29, 1.82) is 0 Å². The highest BCUT2D eigenvalue weighted by Crippen LogP contribution is 2.25. The van der Waals surface area contributed by atoms with Crippen LogP contribution in [0.3, 0.4) is 0 Å². The van der Waals surface area contributed by atoms with Gasteiger partial charge in [-0.3, -0.25) is 4.79 Å². The van der Waals surface area contributed by atoms with Crippen LogP contribution in [0.4, 0.5) is 0 Å². The molecule has 0 spiro atoms. The van der Waals surface area contributed by atoms with Crippen molar-refractivity contribution >= 4 is 15.9 Å². The number of nitrogens with one attached hydrogen (secondary N) is 1. The minimum Gasteiger partial charge on any atom is -0.496 e. The van der Waals surface area contributed by atoms with E-state index in [4.69, 9.17) is 4.74 Å². The van der Waals surface area contributed by atoms with E-state index in [0.29, 0.717) is 18.8 Å². The summed E-state index contributed by atoms with van der Waals surface area (Å²) in [6.07, 6.45) is 3.04. The van der Waals surface area contributed by atoms with Gasteiger partial charge in [-0.1, -0.05) is 37.3 Å². The van der Waals surface area contributed by atoms with E-state index in [1.807, 2.05) is 37.3 Å². The lowest BCUT2D eigenvalue weighted by atomic mass is 10.0. The molecular formula is C22H28N2O4S. The van der Waals surface area contributed by atoms with E-state index in [9.17, 15) is 13.2 Å². The number of sulfonamides is 1. The molecular weight excluding hydrogens is 388 g/mol. The number of methoxy groups -OCH3 is 1. The first-order chi connectivity index (χ1) is 13.9. The van der Waals surface area contributed by atoms with Gasteiger partial charge in [-0.25, -0.2) is 13.1 Å². The maximum atomic E-state index is 12.9.